The number of nitrogens with zero attached hydrogens (tertiary/aromatic N) is 4. The first-order valence-corrected chi connectivity index (χ1v) is 8.09. The molecular weight excluding hydrogens is 292 g/mol. The quantitative estimate of drug-likeness (QED) is 0.918. The molecule has 6 nitrogen and oxygen atoms in total. The van der Waals surface area contributed by atoms with Crippen molar-refractivity contribution in [3.8, 4) is 11.3 Å². The van der Waals surface area contributed by atoms with Crippen molar-refractivity contribution in [3.63, 3.8) is 0 Å². The number of piperidine rings is 1. The van der Waals surface area contributed by atoms with E-state index in [4.69, 9.17) is 9.51 Å². The molecule has 1 aliphatic rings. The summed E-state index contributed by atoms with van der Waals surface area (Å²) < 4.78 is 5.41. The first-order chi connectivity index (χ1) is 10.8. The molecule has 3 heterocycles. The second kappa shape index (κ2) is 5.92. The van der Waals surface area contributed by atoms with Crippen LogP contribution in [-0.4, -0.2) is 39.4 Å². The maximum absolute atomic E-state index is 9.67. The molecule has 0 spiro atoms. The predicted molar refractivity (Wildman–Crippen MR) is 88.4 cm³/mol. The summed E-state index contributed by atoms with van der Waals surface area (Å²) in [5.74, 6) is 1.43. The molecule has 23 heavy (non-hydrogen) atoms. The van der Waals surface area contributed by atoms with Crippen molar-refractivity contribution in [1.82, 2.24) is 15.1 Å². The summed E-state index contributed by atoms with van der Waals surface area (Å²) in [4.78, 5) is 11.5. The van der Waals surface area contributed by atoms with Gasteiger partial charge in [-0.1, -0.05) is 25.9 Å². The number of rotatable bonds is 2. The molecule has 0 bridgehead atoms. The zero-order chi connectivity index (χ0) is 16.6. The molecule has 3 rings (SSSR count). The van der Waals surface area contributed by atoms with E-state index in [2.05, 4.69) is 35.8 Å². The maximum Gasteiger partial charge on any atom is 0.225 e. The van der Waals surface area contributed by atoms with Gasteiger partial charge in [-0.2, -0.15) is 0 Å². The Hall–Kier alpha value is -1.95. The van der Waals surface area contributed by atoms with E-state index in [9.17, 15) is 5.11 Å². The van der Waals surface area contributed by atoms with Gasteiger partial charge in [0.15, 0.2) is 5.76 Å². The van der Waals surface area contributed by atoms with E-state index in [1.807, 2.05) is 19.2 Å². The molecule has 2 aromatic heterocycles. The number of aromatic nitrogens is 3. The van der Waals surface area contributed by atoms with E-state index < -0.39 is 0 Å². The summed E-state index contributed by atoms with van der Waals surface area (Å²) in [5, 5.41) is 13.6. The van der Waals surface area contributed by atoms with E-state index >= 15 is 0 Å². The molecule has 0 saturated carbocycles. The third-order valence-electron chi connectivity index (χ3n) is 4.13. The number of aryl methyl sites for hydroxylation is 1. The summed E-state index contributed by atoms with van der Waals surface area (Å²) in [5.41, 5.74) is 2.54. The Morgan fingerprint density at radius 1 is 1.26 bits per heavy atom. The minimum Gasteiger partial charge on any atom is -0.393 e. The van der Waals surface area contributed by atoms with Gasteiger partial charge in [0.25, 0.3) is 0 Å². The van der Waals surface area contributed by atoms with Crippen molar-refractivity contribution in [2.45, 2.75) is 52.1 Å². The van der Waals surface area contributed by atoms with Crippen molar-refractivity contribution < 1.29 is 9.63 Å². The molecule has 1 N–H and O–H groups in total. The van der Waals surface area contributed by atoms with E-state index in [0.717, 1.165) is 48.8 Å². The van der Waals surface area contributed by atoms with E-state index in [0.29, 0.717) is 5.76 Å². The topological polar surface area (TPSA) is 75.3 Å². The smallest absolute Gasteiger partial charge is 0.225 e. The molecule has 0 radical (unpaired) electrons. The standard InChI is InChI=1S/C17H24N4O2/c1-11-9-14(23-20-11)13-10-18-16(19-15(13)17(2,3)4)21-7-5-12(22)6-8-21/h9-10,12,22H,5-8H2,1-4H3. The number of hydrogen-bond acceptors (Lipinski definition) is 6. The van der Waals surface area contributed by atoms with Crippen LogP contribution >= 0.6 is 0 Å². The zero-order valence-corrected chi connectivity index (χ0v) is 14.2. The Labute approximate surface area is 136 Å². The van der Waals surface area contributed by atoms with Gasteiger partial charge in [-0.05, 0) is 19.8 Å². The van der Waals surface area contributed by atoms with Crippen LogP contribution in [0.5, 0.6) is 0 Å². The molecule has 0 aliphatic carbocycles. The van der Waals surface area contributed by atoms with Crippen LogP contribution in [0, 0.1) is 6.92 Å². The molecular formula is C17H24N4O2. The van der Waals surface area contributed by atoms with Crippen LogP contribution in [0.3, 0.4) is 0 Å². The Kier molecular flexibility index (Phi) is 4.10. The second-order valence-corrected chi connectivity index (χ2v) is 7.23. The Morgan fingerprint density at radius 2 is 1.96 bits per heavy atom. The van der Waals surface area contributed by atoms with Gasteiger partial charge in [-0.3, -0.25) is 0 Å². The van der Waals surface area contributed by atoms with Gasteiger partial charge >= 0.3 is 0 Å². The summed E-state index contributed by atoms with van der Waals surface area (Å²) in [7, 11) is 0. The zero-order valence-electron chi connectivity index (χ0n) is 14.2. The molecule has 0 aromatic carbocycles. The molecule has 0 unspecified atom stereocenters. The SMILES string of the molecule is Cc1cc(-c2cnc(N3CCC(O)CC3)nc2C(C)(C)C)on1. The molecule has 0 amide bonds. The number of hydrogen-bond donors (Lipinski definition) is 1. The Balaban J connectivity index is 1.99. The van der Waals surface area contributed by atoms with Crippen LogP contribution in [0.1, 0.15) is 45.0 Å². The van der Waals surface area contributed by atoms with Gasteiger partial charge in [0.1, 0.15) is 0 Å². The van der Waals surface area contributed by atoms with Crippen LogP contribution in [0.4, 0.5) is 5.95 Å². The highest BCUT2D eigenvalue weighted by molar-refractivity contribution is 5.62. The first-order valence-electron chi connectivity index (χ1n) is 8.09. The minimum atomic E-state index is -0.204. The molecule has 0 atom stereocenters. The maximum atomic E-state index is 9.67. The molecule has 1 aliphatic heterocycles. The summed E-state index contributed by atoms with van der Waals surface area (Å²) in [6, 6.07) is 1.91. The summed E-state index contributed by atoms with van der Waals surface area (Å²) in [6.07, 6.45) is 3.15. The van der Waals surface area contributed by atoms with Crippen LogP contribution in [-0.2, 0) is 5.41 Å². The molecule has 6 heteroatoms. The van der Waals surface area contributed by atoms with Crippen molar-refractivity contribution in [3.05, 3.63) is 23.7 Å². The second-order valence-electron chi connectivity index (χ2n) is 7.23. The van der Waals surface area contributed by atoms with Crippen LogP contribution in [0.2, 0.25) is 0 Å². The van der Waals surface area contributed by atoms with Crippen LogP contribution in [0.25, 0.3) is 11.3 Å². The Bertz CT molecular complexity index is 682. The molecule has 1 fully saturated rings. The highest BCUT2D eigenvalue weighted by Crippen LogP contribution is 2.33. The van der Waals surface area contributed by atoms with E-state index in [1.165, 1.54) is 0 Å². The lowest BCUT2D eigenvalue weighted by Gasteiger charge is -2.31. The Morgan fingerprint density at radius 3 is 2.52 bits per heavy atom. The first kappa shape index (κ1) is 15.9. The third kappa shape index (κ3) is 3.37. The fraction of sp³-hybridized carbons (Fsp3) is 0.588. The lowest BCUT2D eigenvalue weighted by Crippen LogP contribution is -2.37. The summed E-state index contributed by atoms with van der Waals surface area (Å²) in [6.45, 7) is 9.86. The fourth-order valence-corrected chi connectivity index (χ4v) is 2.83. The lowest BCUT2D eigenvalue weighted by atomic mass is 9.88. The van der Waals surface area contributed by atoms with E-state index in [1.54, 1.807) is 0 Å². The lowest BCUT2D eigenvalue weighted by molar-refractivity contribution is 0.145. The van der Waals surface area contributed by atoms with Gasteiger partial charge in [0.05, 0.1) is 23.1 Å². The van der Waals surface area contributed by atoms with Crippen molar-refractivity contribution in [2.24, 2.45) is 0 Å². The molecule has 2 aromatic rings. The van der Waals surface area contributed by atoms with Crippen molar-refractivity contribution >= 4 is 5.95 Å². The fourth-order valence-electron chi connectivity index (χ4n) is 2.83. The van der Waals surface area contributed by atoms with Crippen molar-refractivity contribution in [2.75, 3.05) is 18.0 Å². The van der Waals surface area contributed by atoms with E-state index in [-0.39, 0.29) is 11.5 Å². The predicted octanol–water partition coefficient (Wildman–Crippen LogP) is 2.70. The van der Waals surface area contributed by atoms with Crippen molar-refractivity contribution in [1.29, 1.82) is 0 Å². The van der Waals surface area contributed by atoms with Gasteiger partial charge < -0.3 is 14.5 Å². The minimum absolute atomic E-state index is 0.136. The molecule has 1 saturated heterocycles. The van der Waals surface area contributed by atoms with Crippen LogP contribution in [0.15, 0.2) is 16.8 Å². The highest BCUT2D eigenvalue weighted by atomic mass is 16.5. The average molecular weight is 316 g/mol. The van der Waals surface area contributed by atoms with Gasteiger partial charge in [0, 0.05) is 30.8 Å². The number of aliphatic hydroxyl groups excluding tert-OH is 1. The average Bonchev–Trinajstić information content (AvgIpc) is 2.93. The largest absolute Gasteiger partial charge is 0.393 e. The third-order valence-corrected chi connectivity index (χ3v) is 4.13. The summed E-state index contributed by atoms with van der Waals surface area (Å²) >= 11 is 0. The van der Waals surface area contributed by atoms with Gasteiger partial charge in [-0.15, -0.1) is 0 Å². The highest BCUT2D eigenvalue weighted by Gasteiger charge is 2.26. The van der Waals surface area contributed by atoms with Gasteiger partial charge in [-0.25, -0.2) is 9.97 Å². The molecule has 124 valence electrons. The van der Waals surface area contributed by atoms with Crippen LogP contribution < -0.4 is 4.90 Å². The number of anilines is 1. The normalized spacial score (nSPS) is 16.8. The number of aliphatic hydroxyl groups is 1. The van der Waals surface area contributed by atoms with Gasteiger partial charge in [0.2, 0.25) is 5.95 Å². The monoisotopic (exact) mass is 316 g/mol.